The summed E-state index contributed by atoms with van der Waals surface area (Å²) in [6, 6.07) is 3.54. The van der Waals surface area contributed by atoms with E-state index in [1.165, 1.54) is 0 Å². The van der Waals surface area contributed by atoms with E-state index in [1.54, 1.807) is 18.3 Å². The highest BCUT2D eigenvalue weighted by Gasteiger charge is 2.02. The first kappa shape index (κ1) is 9.20. The Labute approximate surface area is 77.2 Å². The van der Waals surface area contributed by atoms with Gasteiger partial charge >= 0.3 is 0 Å². The standard InChI is InChI=1S/C9H10N4/c1-3-6-13(2)9-11-5-4-8(7-10)12-9/h3-5H,1,6H2,2H3. The van der Waals surface area contributed by atoms with Crippen LogP contribution in [0.15, 0.2) is 24.9 Å². The van der Waals surface area contributed by atoms with E-state index in [0.717, 1.165) is 0 Å². The van der Waals surface area contributed by atoms with Crippen LogP contribution in [0.4, 0.5) is 5.95 Å². The number of likely N-dealkylation sites (N-methyl/N-ethyl adjacent to an activating group) is 1. The van der Waals surface area contributed by atoms with Crippen molar-refractivity contribution in [1.82, 2.24) is 9.97 Å². The lowest BCUT2D eigenvalue weighted by atomic mass is 10.4. The van der Waals surface area contributed by atoms with E-state index in [4.69, 9.17) is 5.26 Å². The van der Waals surface area contributed by atoms with Crippen molar-refractivity contribution in [2.24, 2.45) is 0 Å². The number of anilines is 1. The van der Waals surface area contributed by atoms with Crippen LogP contribution in [0, 0.1) is 11.3 Å². The molecule has 0 aromatic carbocycles. The van der Waals surface area contributed by atoms with Crippen molar-refractivity contribution in [3.63, 3.8) is 0 Å². The maximum Gasteiger partial charge on any atom is 0.226 e. The van der Waals surface area contributed by atoms with Gasteiger partial charge in [0.05, 0.1) is 0 Å². The molecule has 0 aliphatic rings. The maximum atomic E-state index is 8.59. The third-order valence-electron chi connectivity index (χ3n) is 1.50. The van der Waals surface area contributed by atoms with E-state index in [2.05, 4.69) is 16.5 Å². The minimum Gasteiger partial charge on any atom is -0.340 e. The zero-order chi connectivity index (χ0) is 9.68. The monoisotopic (exact) mass is 174 g/mol. The average molecular weight is 174 g/mol. The van der Waals surface area contributed by atoms with Crippen LogP contribution in [0.3, 0.4) is 0 Å². The lowest BCUT2D eigenvalue weighted by Gasteiger charge is -2.13. The summed E-state index contributed by atoms with van der Waals surface area (Å²) in [5.41, 5.74) is 0.376. The zero-order valence-corrected chi connectivity index (χ0v) is 7.44. The number of aromatic nitrogens is 2. The van der Waals surface area contributed by atoms with Crippen molar-refractivity contribution in [3.8, 4) is 6.07 Å². The third kappa shape index (κ3) is 2.27. The molecule has 0 N–H and O–H groups in total. The van der Waals surface area contributed by atoms with Gasteiger partial charge in [-0.25, -0.2) is 9.97 Å². The van der Waals surface area contributed by atoms with Crippen molar-refractivity contribution in [2.45, 2.75) is 0 Å². The van der Waals surface area contributed by atoms with Crippen LogP contribution in [0.2, 0.25) is 0 Å². The van der Waals surface area contributed by atoms with Gasteiger partial charge in [-0.3, -0.25) is 0 Å². The summed E-state index contributed by atoms with van der Waals surface area (Å²) < 4.78 is 0. The molecule has 1 rings (SSSR count). The molecule has 0 fully saturated rings. The Bertz CT molecular complexity index is 340. The third-order valence-corrected chi connectivity index (χ3v) is 1.50. The van der Waals surface area contributed by atoms with Crippen LogP contribution in [-0.2, 0) is 0 Å². The fraction of sp³-hybridized carbons (Fsp3) is 0.222. The van der Waals surface area contributed by atoms with Gasteiger partial charge in [-0.2, -0.15) is 5.26 Å². The molecule has 1 aromatic rings. The second-order valence-corrected chi connectivity index (χ2v) is 2.52. The molecule has 0 saturated carbocycles. The van der Waals surface area contributed by atoms with Gasteiger partial charge in [-0.1, -0.05) is 6.08 Å². The first-order valence-corrected chi connectivity index (χ1v) is 3.83. The molecule has 1 heterocycles. The molecule has 1 aromatic heterocycles. The van der Waals surface area contributed by atoms with E-state index in [9.17, 15) is 0 Å². The fourth-order valence-electron chi connectivity index (χ4n) is 0.870. The molecule has 0 atom stereocenters. The Morgan fingerprint density at radius 2 is 2.54 bits per heavy atom. The molecule has 4 nitrogen and oxygen atoms in total. The number of nitriles is 1. The quantitative estimate of drug-likeness (QED) is 0.641. The molecule has 0 unspecified atom stereocenters. The second-order valence-electron chi connectivity index (χ2n) is 2.52. The van der Waals surface area contributed by atoms with Crippen molar-refractivity contribution in [3.05, 3.63) is 30.6 Å². The number of rotatable bonds is 3. The Morgan fingerprint density at radius 3 is 3.15 bits per heavy atom. The minimum atomic E-state index is 0.376. The van der Waals surface area contributed by atoms with E-state index in [0.29, 0.717) is 18.2 Å². The van der Waals surface area contributed by atoms with Gasteiger partial charge in [0.25, 0.3) is 0 Å². The van der Waals surface area contributed by atoms with E-state index in [-0.39, 0.29) is 0 Å². The highest BCUT2D eigenvalue weighted by Crippen LogP contribution is 2.03. The molecule has 0 amide bonds. The Morgan fingerprint density at radius 1 is 1.77 bits per heavy atom. The predicted molar refractivity (Wildman–Crippen MR) is 50.2 cm³/mol. The van der Waals surface area contributed by atoms with Gasteiger partial charge in [-0.05, 0) is 6.07 Å². The Kier molecular flexibility index (Phi) is 2.98. The highest BCUT2D eigenvalue weighted by molar-refractivity contribution is 5.33. The average Bonchev–Trinajstić information content (AvgIpc) is 2.18. The van der Waals surface area contributed by atoms with Crippen LogP contribution < -0.4 is 4.90 Å². The summed E-state index contributed by atoms with van der Waals surface area (Å²) in [5.74, 6) is 0.541. The molecule has 0 aliphatic heterocycles. The molecule has 0 radical (unpaired) electrons. The zero-order valence-electron chi connectivity index (χ0n) is 7.44. The lowest BCUT2D eigenvalue weighted by molar-refractivity contribution is 0.937. The second kappa shape index (κ2) is 4.21. The van der Waals surface area contributed by atoms with Crippen LogP contribution in [0.25, 0.3) is 0 Å². The van der Waals surface area contributed by atoms with Crippen molar-refractivity contribution in [1.29, 1.82) is 5.26 Å². The summed E-state index contributed by atoms with van der Waals surface area (Å²) in [4.78, 5) is 9.85. The lowest BCUT2D eigenvalue weighted by Crippen LogP contribution is -2.19. The van der Waals surface area contributed by atoms with Crippen molar-refractivity contribution in [2.75, 3.05) is 18.5 Å². The summed E-state index contributed by atoms with van der Waals surface area (Å²) >= 11 is 0. The molecule has 0 bridgehead atoms. The number of hydrogen-bond donors (Lipinski definition) is 0. The number of hydrogen-bond acceptors (Lipinski definition) is 4. The van der Waals surface area contributed by atoms with Gasteiger partial charge < -0.3 is 4.90 Å². The molecule has 0 spiro atoms. The van der Waals surface area contributed by atoms with Gasteiger partial charge in [0.1, 0.15) is 11.8 Å². The van der Waals surface area contributed by atoms with Gasteiger partial charge in [0, 0.05) is 19.8 Å². The van der Waals surface area contributed by atoms with Gasteiger partial charge in [0.15, 0.2) is 0 Å². The molecular formula is C9H10N4. The maximum absolute atomic E-state index is 8.59. The first-order chi connectivity index (χ1) is 6.27. The molecule has 4 heteroatoms. The molecule has 13 heavy (non-hydrogen) atoms. The minimum absolute atomic E-state index is 0.376. The van der Waals surface area contributed by atoms with E-state index >= 15 is 0 Å². The van der Waals surface area contributed by atoms with Crippen molar-refractivity contribution >= 4 is 5.95 Å². The molecular weight excluding hydrogens is 164 g/mol. The van der Waals surface area contributed by atoms with Crippen LogP contribution in [-0.4, -0.2) is 23.6 Å². The molecule has 66 valence electrons. The van der Waals surface area contributed by atoms with Crippen LogP contribution in [0.1, 0.15) is 5.69 Å². The summed E-state index contributed by atoms with van der Waals surface area (Å²) in [5, 5.41) is 8.59. The first-order valence-electron chi connectivity index (χ1n) is 3.83. The van der Waals surface area contributed by atoms with E-state index in [1.807, 2.05) is 18.0 Å². The summed E-state index contributed by atoms with van der Waals surface area (Å²) in [6.07, 6.45) is 3.32. The fourth-order valence-corrected chi connectivity index (χ4v) is 0.870. The molecule has 0 saturated heterocycles. The highest BCUT2D eigenvalue weighted by atomic mass is 15.2. The van der Waals surface area contributed by atoms with E-state index < -0.39 is 0 Å². The van der Waals surface area contributed by atoms with Crippen LogP contribution >= 0.6 is 0 Å². The van der Waals surface area contributed by atoms with Crippen molar-refractivity contribution < 1.29 is 0 Å². The van der Waals surface area contributed by atoms with Gasteiger partial charge in [0.2, 0.25) is 5.95 Å². The predicted octanol–water partition coefficient (Wildman–Crippen LogP) is 0.970. The molecule has 0 aliphatic carbocycles. The van der Waals surface area contributed by atoms with Crippen LogP contribution in [0.5, 0.6) is 0 Å². The summed E-state index contributed by atoms with van der Waals surface area (Å²) in [6.45, 7) is 4.27. The Balaban J connectivity index is 2.89. The number of nitrogens with zero attached hydrogens (tertiary/aromatic N) is 4. The smallest absolute Gasteiger partial charge is 0.226 e. The topological polar surface area (TPSA) is 52.8 Å². The van der Waals surface area contributed by atoms with Gasteiger partial charge in [-0.15, -0.1) is 6.58 Å². The largest absolute Gasteiger partial charge is 0.340 e. The Hall–Kier alpha value is -1.89. The summed E-state index contributed by atoms with van der Waals surface area (Å²) in [7, 11) is 1.85. The normalized spacial score (nSPS) is 8.92. The SMILES string of the molecule is C=CCN(C)c1nccc(C#N)n1.